The zero-order valence-electron chi connectivity index (χ0n) is 12.4. The number of hydrogen-bond acceptors (Lipinski definition) is 3. The fourth-order valence-corrected chi connectivity index (χ4v) is 2.98. The molecular formula is C16H26N2O. The number of benzene rings is 1. The van der Waals surface area contributed by atoms with Gasteiger partial charge in [-0.25, -0.2) is 0 Å². The van der Waals surface area contributed by atoms with E-state index in [1.54, 1.807) is 0 Å². The molecule has 2 unspecified atom stereocenters. The summed E-state index contributed by atoms with van der Waals surface area (Å²) in [5.74, 6) is 0. The van der Waals surface area contributed by atoms with Crippen LogP contribution in [-0.4, -0.2) is 37.7 Å². The molecule has 3 nitrogen and oxygen atoms in total. The van der Waals surface area contributed by atoms with Crippen LogP contribution in [-0.2, 0) is 4.74 Å². The molecule has 2 N–H and O–H groups in total. The summed E-state index contributed by atoms with van der Waals surface area (Å²) >= 11 is 0. The molecule has 1 saturated heterocycles. The van der Waals surface area contributed by atoms with Crippen LogP contribution in [0.2, 0.25) is 0 Å². The van der Waals surface area contributed by atoms with Gasteiger partial charge in [-0.3, -0.25) is 4.90 Å². The van der Waals surface area contributed by atoms with Crippen LogP contribution in [0.4, 0.5) is 0 Å². The van der Waals surface area contributed by atoms with Crippen LogP contribution in [0.1, 0.15) is 35.6 Å². The molecular weight excluding hydrogens is 236 g/mol. The van der Waals surface area contributed by atoms with E-state index < -0.39 is 0 Å². The first-order chi connectivity index (χ1) is 9.11. The molecule has 106 valence electrons. The second-order valence-electron chi connectivity index (χ2n) is 5.69. The lowest BCUT2D eigenvalue weighted by Gasteiger charge is -2.30. The normalized spacial score (nSPS) is 21.0. The Kier molecular flexibility index (Phi) is 4.97. The maximum atomic E-state index is 6.00. The SMILES string of the molecule is Cc1ccc(C(CN)N(C)CC2CCCO2)c(C)c1. The van der Waals surface area contributed by atoms with Crippen molar-refractivity contribution < 1.29 is 4.74 Å². The van der Waals surface area contributed by atoms with Gasteiger partial charge in [0.05, 0.1) is 6.10 Å². The standard InChI is InChI=1S/C16H26N2O/c1-12-6-7-15(13(2)9-12)16(10-17)18(3)11-14-5-4-8-19-14/h6-7,9,14,16H,4-5,8,10-11,17H2,1-3H3. The summed E-state index contributed by atoms with van der Waals surface area (Å²) in [4.78, 5) is 2.34. The van der Waals surface area contributed by atoms with Crippen molar-refractivity contribution in [2.75, 3.05) is 26.7 Å². The highest BCUT2D eigenvalue weighted by atomic mass is 16.5. The highest BCUT2D eigenvalue weighted by Gasteiger charge is 2.23. The van der Waals surface area contributed by atoms with Crippen LogP contribution in [0, 0.1) is 13.8 Å². The van der Waals surface area contributed by atoms with Gasteiger partial charge in [-0.15, -0.1) is 0 Å². The Hall–Kier alpha value is -0.900. The Balaban J connectivity index is 2.09. The van der Waals surface area contributed by atoms with E-state index in [9.17, 15) is 0 Å². The number of rotatable bonds is 5. The van der Waals surface area contributed by atoms with Gasteiger partial charge in [0, 0.05) is 25.7 Å². The fourth-order valence-electron chi connectivity index (χ4n) is 2.98. The average molecular weight is 262 g/mol. The van der Waals surface area contributed by atoms with Crippen molar-refractivity contribution in [2.45, 2.75) is 38.8 Å². The van der Waals surface area contributed by atoms with E-state index in [-0.39, 0.29) is 6.04 Å². The van der Waals surface area contributed by atoms with Crippen molar-refractivity contribution in [1.29, 1.82) is 0 Å². The topological polar surface area (TPSA) is 38.5 Å². The van der Waals surface area contributed by atoms with Crippen molar-refractivity contribution in [3.63, 3.8) is 0 Å². The minimum absolute atomic E-state index is 0.282. The monoisotopic (exact) mass is 262 g/mol. The summed E-state index contributed by atoms with van der Waals surface area (Å²) in [5, 5.41) is 0. The lowest BCUT2D eigenvalue weighted by molar-refractivity contribution is 0.0688. The van der Waals surface area contributed by atoms with Gasteiger partial charge >= 0.3 is 0 Å². The van der Waals surface area contributed by atoms with Crippen molar-refractivity contribution in [2.24, 2.45) is 5.73 Å². The molecule has 0 bridgehead atoms. The van der Waals surface area contributed by atoms with Crippen LogP contribution >= 0.6 is 0 Å². The molecule has 1 aromatic carbocycles. The first-order valence-electron chi connectivity index (χ1n) is 7.21. The molecule has 1 heterocycles. The quantitative estimate of drug-likeness (QED) is 0.885. The maximum Gasteiger partial charge on any atom is 0.0702 e. The van der Waals surface area contributed by atoms with Gasteiger partial charge in [0.25, 0.3) is 0 Å². The molecule has 0 amide bonds. The van der Waals surface area contributed by atoms with Gasteiger partial charge in [0.1, 0.15) is 0 Å². The Morgan fingerprint density at radius 2 is 2.21 bits per heavy atom. The minimum atomic E-state index is 0.282. The summed E-state index contributed by atoms with van der Waals surface area (Å²) in [7, 11) is 2.15. The Morgan fingerprint density at radius 1 is 1.42 bits per heavy atom. The number of likely N-dealkylation sites (N-methyl/N-ethyl adjacent to an activating group) is 1. The van der Waals surface area contributed by atoms with Crippen molar-refractivity contribution in [1.82, 2.24) is 4.90 Å². The zero-order valence-corrected chi connectivity index (χ0v) is 12.4. The second kappa shape index (κ2) is 6.51. The highest BCUT2D eigenvalue weighted by Crippen LogP contribution is 2.24. The van der Waals surface area contributed by atoms with E-state index >= 15 is 0 Å². The molecule has 0 saturated carbocycles. The van der Waals surface area contributed by atoms with E-state index in [0.717, 1.165) is 13.2 Å². The van der Waals surface area contributed by atoms with Gasteiger partial charge in [0.15, 0.2) is 0 Å². The summed E-state index contributed by atoms with van der Waals surface area (Å²) in [6.45, 7) is 6.83. The molecule has 19 heavy (non-hydrogen) atoms. The molecule has 1 fully saturated rings. The van der Waals surface area contributed by atoms with Gasteiger partial charge < -0.3 is 10.5 Å². The molecule has 1 aromatic rings. The zero-order chi connectivity index (χ0) is 13.8. The molecule has 0 radical (unpaired) electrons. The second-order valence-corrected chi connectivity index (χ2v) is 5.69. The van der Waals surface area contributed by atoms with E-state index in [4.69, 9.17) is 10.5 Å². The van der Waals surface area contributed by atoms with Gasteiger partial charge in [-0.1, -0.05) is 23.8 Å². The Labute approximate surface area is 116 Å². The molecule has 1 aliphatic heterocycles. The van der Waals surface area contributed by atoms with Crippen LogP contribution in [0.5, 0.6) is 0 Å². The smallest absolute Gasteiger partial charge is 0.0702 e. The molecule has 3 heteroatoms. The fraction of sp³-hybridized carbons (Fsp3) is 0.625. The van der Waals surface area contributed by atoms with Crippen LogP contribution in [0.25, 0.3) is 0 Å². The number of aryl methyl sites for hydroxylation is 2. The van der Waals surface area contributed by atoms with Gasteiger partial charge in [-0.2, -0.15) is 0 Å². The maximum absolute atomic E-state index is 6.00. The molecule has 2 rings (SSSR count). The van der Waals surface area contributed by atoms with Crippen LogP contribution in [0.3, 0.4) is 0 Å². The van der Waals surface area contributed by atoms with Gasteiger partial charge in [0.2, 0.25) is 0 Å². The lowest BCUT2D eigenvalue weighted by atomic mass is 9.98. The predicted octanol–water partition coefficient (Wildman–Crippen LogP) is 2.41. The first kappa shape index (κ1) is 14.5. The van der Waals surface area contributed by atoms with E-state index in [1.807, 2.05) is 0 Å². The largest absolute Gasteiger partial charge is 0.377 e. The minimum Gasteiger partial charge on any atom is -0.377 e. The summed E-state index contributed by atoms with van der Waals surface area (Å²) in [5.41, 5.74) is 9.98. The number of nitrogens with zero attached hydrogens (tertiary/aromatic N) is 1. The third-order valence-corrected chi connectivity index (χ3v) is 4.06. The molecule has 1 aliphatic rings. The number of hydrogen-bond donors (Lipinski definition) is 1. The van der Waals surface area contributed by atoms with Gasteiger partial charge in [-0.05, 0) is 44.9 Å². The molecule has 0 spiro atoms. The third kappa shape index (κ3) is 3.56. The van der Waals surface area contributed by atoms with E-state index in [2.05, 4.69) is 44.0 Å². The highest BCUT2D eigenvalue weighted by molar-refractivity contribution is 5.33. The molecule has 2 atom stereocenters. The van der Waals surface area contributed by atoms with E-state index in [1.165, 1.54) is 29.5 Å². The third-order valence-electron chi connectivity index (χ3n) is 4.06. The van der Waals surface area contributed by atoms with Crippen molar-refractivity contribution in [3.8, 4) is 0 Å². The van der Waals surface area contributed by atoms with Crippen molar-refractivity contribution in [3.05, 3.63) is 34.9 Å². The Bertz CT molecular complexity index is 413. The van der Waals surface area contributed by atoms with Crippen molar-refractivity contribution >= 4 is 0 Å². The average Bonchev–Trinajstić information content (AvgIpc) is 2.85. The summed E-state index contributed by atoms with van der Waals surface area (Å²) < 4.78 is 5.72. The molecule has 0 aromatic heterocycles. The number of ether oxygens (including phenoxy) is 1. The lowest BCUT2D eigenvalue weighted by Crippen LogP contribution is -2.36. The number of nitrogens with two attached hydrogens (primary N) is 1. The predicted molar refractivity (Wildman–Crippen MR) is 79.3 cm³/mol. The summed E-state index contributed by atoms with van der Waals surface area (Å²) in [6, 6.07) is 6.90. The van der Waals surface area contributed by atoms with E-state index in [0.29, 0.717) is 12.6 Å². The first-order valence-corrected chi connectivity index (χ1v) is 7.21. The molecule has 0 aliphatic carbocycles. The summed E-state index contributed by atoms with van der Waals surface area (Å²) in [6.07, 6.45) is 2.74. The van der Waals surface area contributed by atoms with Crippen LogP contribution < -0.4 is 5.73 Å². The Morgan fingerprint density at radius 3 is 2.79 bits per heavy atom. The van der Waals surface area contributed by atoms with Crippen LogP contribution in [0.15, 0.2) is 18.2 Å².